The molecule has 0 saturated heterocycles. The van der Waals surface area contributed by atoms with Crippen LogP contribution in [-0.4, -0.2) is 41.3 Å². The molecule has 22 heavy (non-hydrogen) atoms. The average molecular weight is 318 g/mol. The maximum atomic E-state index is 9.25. The quantitative estimate of drug-likeness (QED) is 0.259. The van der Waals surface area contributed by atoms with Crippen molar-refractivity contribution in [2.45, 2.75) is 76.9 Å². The Balaban J connectivity index is 0. The van der Waals surface area contributed by atoms with Crippen molar-refractivity contribution in [2.24, 2.45) is 0 Å². The molecule has 0 aliphatic carbocycles. The molecule has 0 aromatic heterocycles. The molecule has 1 unspecified atom stereocenters. The highest BCUT2D eigenvalue weighted by molar-refractivity contribution is 5.78. The lowest BCUT2D eigenvalue weighted by atomic mass is 10.1. The molecule has 0 aliphatic heterocycles. The van der Waals surface area contributed by atoms with Crippen LogP contribution in [0.3, 0.4) is 0 Å². The third kappa shape index (κ3) is 24.1. The van der Waals surface area contributed by atoms with E-state index in [0.29, 0.717) is 6.61 Å². The number of aliphatic carboxylic acids is 1. The van der Waals surface area contributed by atoms with Gasteiger partial charge in [-0.2, -0.15) is 0 Å². The predicted octanol–water partition coefficient (Wildman–Crippen LogP) is 3.49. The number of methoxy groups -OCH3 is 1. The fraction of sp³-hybridized carbons (Fsp3) is 0.824. The Morgan fingerprint density at radius 1 is 1.00 bits per heavy atom. The first-order chi connectivity index (χ1) is 10.6. The van der Waals surface area contributed by atoms with E-state index in [1.807, 2.05) is 0 Å². The average Bonchev–Trinajstić information content (AvgIpc) is 2.52. The molecule has 5 heteroatoms. The molecule has 0 heterocycles. The van der Waals surface area contributed by atoms with Crippen LogP contribution in [0.25, 0.3) is 0 Å². The van der Waals surface area contributed by atoms with Gasteiger partial charge in [0.1, 0.15) is 0 Å². The number of aliphatic hydroxyl groups excluding tert-OH is 2. The Hall–Kier alpha value is -0.910. The number of carbonyl (C=O) groups is 1. The zero-order valence-electron chi connectivity index (χ0n) is 14.0. The summed E-state index contributed by atoms with van der Waals surface area (Å²) < 4.78 is 4.78. The highest BCUT2D eigenvalue weighted by Crippen LogP contribution is 2.11. The minimum atomic E-state index is -0.981. The van der Waals surface area contributed by atoms with Crippen molar-refractivity contribution in [2.75, 3.05) is 13.7 Å². The van der Waals surface area contributed by atoms with E-state index in [4.69, 9.17) is 20.1 Å². The van der Waals surface area contributed by atoms with Crippen molar-refractivity contribution in [3.63, 3.8) is 0 Å². The molecule has 0 bridgehead atoms. The van der Waals surface area contributed by atoms with Gasteiger partial charge in [-0.1, -0.05) is 57.9 Å². The molecule has 5 nitrogen and oxygen atoms in total. The van der Waals surface area contributed by atoms with Gasteiger partial charge in [0.25, 0.3) is 0 Å². The summed E-state index contributed by atoms with van der Waals surface area (Å²) in [4.78, 5) is 9.25. The van der Waals surface area contributed by atoms with Gasteiger partial charge in [-0.15, -0.1) is 0 Å². The Labute approximate surface area is 135 Å². The summed E-state index contributed by atoms with van der Waals surface area (Å²) in [7, 11) is 1.54. The first-order valence-electron chi connectivity index (χ1n) is 8.25. The second kappa shape index (κ2) is 20.1. The van der Waals surface area contributed by atoms with Gasteiger partial charge in [-0.3, -0.25) is 0 Å². The minimum absolute atomic E-state index is 0.341. The van der Waals surface area contributed by atoms with Crippen LogP contribution in [0.15, 0.2) is 12.7 Å². The summed E-state index contributed by atoms with van der Waals surface area (Å²) in [6.07, 6.45) is 13.2. The number of carboxylic acids is 1. The molecule has 0 aromatic rings. The lowest BCUT2D eigenvalue weighted by molar-refractivity contribution is -0.131. The van der Waals surface area contributed by atoms with E-state index >= 15 is 0 Å². The number of hydrogen-bond donors (Lipinski definition) is 3. The van der Waals surface area contributed by atoms with Gasteiger partial charge < -0.3 is 20.1 Å². The van der Waals surface area contributed by atoms with Crippen LogP contribution in [0.4, 0.5) is 0 Å². The summed E-state index contributed by atoms with van der Waals surface area (Å²) in [6, 6.07) is 0. The third-order valence-electron chi connectivity index (χ3n) is 3.31. The van der Waals surface area contributed by atoms with E-state index < -0.39 is 12.3 Å². The predicted molar refractivity (Wildman–Crippen MR) is 88.7 cm³/mol. The summed E-state index contributed by atoms with van der Waals surface area (Å²) in [5, 5.41) is 25.4. The molecule has 0 aromatic carbocycles. The fourth-order valence-electron chi connectivity index (χ4n) is 1.96. The van der Waals surface area contributed by atoms with Gasteiger partial charge in [-0.05, 0) is 19.3 Å². The van der Waals surface area contributed by atoms with Crippen LogP contribution in [0.2, 0.25) is 0 Å². The van der Waals surface area contributed by atoms with E-state index in [9.17, 15) is 4.79 Å². The largest absolute Gasteiger partial charge is 0.478 e. The molecule has 132 valence electrons. The lowest BCUT2D eigenvalue weighted by Crippen LogP contribution is -2.07. The topological polar surface area (TPSA) is 87.0 Å². The number of hydrogen-bond acceptors (Lipinski definition) is 4. The van der Waals surface area contributed by atoms with Gasteiger partial charge in [0.05, 0.1) is 0 Å². The number of aliphatic hydroxyl groups is 2. The Bertz CT molecular complexity index is 243. The smallest absolute Gasteiger partial charge is 0.327 e. The molecule has 0 saturated carbocycles. The van der Waals surface area contributed by atoms with Crippen molar-refractivity contribution in [3.05, 3.63) is 12.7 Å². The molecular formula is C17H34O5. The van der Waals surface area contributed by atoms with Crippen molar-refractivity contribution < 1.29 is 24.9 Å². The molecule has 0 fully saturated rings. The van der Waals surface area contributed by atoms with Crippen molar-refractivity contribution in [1.29, 1.82) is 0 Å². The third-order valence-corrected chi connectivity index (χ3v) is 3.31. The number of ether oxygens (including phenoxy) is 1. The molecule has 0 spiro atoms. The Morgan fingerprint density at radius 3 is 1.68 bits per heavy atom. The monoisotopic (exact) mass is 318 g/mol. The SMILES string of the molecule is C=CC(=O)O.COC(O)CCCCCCCCCCCCO. The fourth-order valence-corrected chi connectivity index (χ4v) is 1.96. The summed E-state index contributed by atoms with van der Waals surface area (Å²) >= 11 is 0. The maximum Gasteiger partial charge on any atom is 0.327 e. The van der Waals surface area contributed by atoms with Gasteiger partial charge in [0.15, 0.2) is 6.29 Å². The summed E-state index contributed by atoms with van der Waals surface area (Å²) in [6.45, 7) is 3.30. The molecule has 0 aliphatic rings. The molecule has 0 amide bonds. The van der Waals surface area contributed by atoms with Gasteiger partial charge in [0.2, 0.25) is 0 Å². The van der Waals surface area contributed by atoms with Crippen molar-refractivity contribution in [3.8, 4) is 0 Å². The van der Waals surface area contributed by atoms with Gasteiger partial charge in [0, 0.05) is 19.8 Å². The Morgan fingerprint density at radius 2 is 1.36 bits per heavy atom. The minimum Gasteiger partial charge on any atom is -0.478 e. The van der Waals surface area contributed by atoms with Crippen LogP contribution < -0.4 is 0 Å². The number of rotatable bonds is 14. The molecule has 3 N–H and O–H groups in total. The highest BCUT2D eigenvalue weighted by Gasteiger charge is 1.99. The first kappa shape index (κ1) is 23.4. The zero-order chi connectivity index (χ0) is 17.1. The van der Waals surface area contributed by atoms with Crippen LogP contribution in [0, 0.1) is 0 Å². The maximum absolute atomic E-state index is 9.25. The summed E-state index contributed by atoms with van der Waals surface area (Å²) in [5.41, 5.74) is 0. The second-order valence-electron chi connectivity index (χ2n) is 5.28. The van der Waals surface area contributed by atoms with E-state index in [0.717, 1.165) is 25.3 Å². The van der Waals surface area contributed by atoms with Crippen LogP contribution >= 0.6 is 0 Å². The molecule has 0 radical (unpaired) electrons. The highest BCUT2D eigenvalue weighted by atomic mass is 16.6. The van der Waals surface area contributed by atoms with Crippen LogP contribution in [0.1, 0.15) is 70.6 Å². The van der Waals surface area contributed by atoms with Crippen LogP contribution in [-0.2, 0) is 9.53 Å². The van der Waals surface area contributed by atoms with E-state index in [-0.39, 0.29) is 0 Å². The lowest BCUT2D eigenvalue weighted by Gasteiger charge is -2.07. The zero-order valence-corrected chi connectivity index (χ0v) is 14.0. The standard InChI is InChI=1S/C14H30O3.C3H4O2/c1-17-14(16)12-10-8-6-4-2-3-5-7-9-11-13-15;1-2-3(4)5/h14-16H,2-13H2,1H3;2H,1H2,(H,4,5). The normalized spacial score (nSPS) is 11.4. The first-order valence-corrected chi connectivity index (χ1v) is 8.25. The van der Waals surface area contributed by atoms with Crippen LogP contribution in [0.5, 0.6) is 0 Å². The van der Waals surface area contributed by atoms with E-state index in [2.05, 4.69) is 6.58 Å². The molecular weight excluding hydrogens is 284 g/mol. The molecule has 1 atom stereocenters. The van der Waals surface area contributed by atoms with E-state index in [1.54, 1.807) is 7.11 Å². The van der Waals surface area contributed by atoms with Crippen molar-refractivity contribution >= 4 is 5.97 Å². The number of carboxylic acid groups (broad SMARTS) is 1. The van der Waals surface area contributed by atoms with E-state index in [1.165, 1.54) is 51.4 Å². The Kier molecular flexibility index (Phi) is 21.3. The second-order valence-corrected chi connectivity index (χ2v) is 5.28. The summed E-state index contributed by atoms with van der Waals surface area (Å²) in [5.74, 6) is -0.981. The number of unbranched alkanes of at least 4 members (excludes halogenated alkanes) is 9. The van der Waals surface area contributed by atoms with Gasteiger partial charge >= 0.3 is 5.97 Å². The van der Waals surface area contributed by atoms with Gasteiger partial charge in [-0.25, -0.2) is 4.79 Å². The van der Waals surface area contributed by atoms with Crippen molar-refractivity contribution in [1.82, 2.24) is 0 Å². The molecule has 0 rings (SSSR count).